The van der Waals surface area contributed by atoms with E-state index in [9.17, 15) is 27.6 Å². The largest absolute Gasteiger partial charge is 0.456 e. The molecule has 2 rings (SSSR count). The number of carbonyl (C=O) groups excluding carboxylic acids is 3. The third-order valence-corrected chi connectivity index (χ3v) is 4.16. The summed E-state index contributed by atoms with van der Waals surface area (Å²) in [7, 11) is 0. The minimum atomic E-state index is -4.55. The Morgan fingerprint density at radius 2 is 1.67 bits per heavy atom. The van der Waals surface area contributed by atoms with Gasteiger partial charge in [-0.3, -0.25) is 14.4 Å². The van der Waals surface area contributed by atoms with Crippen LogP contribution in [0.5, 0.6) is 0 Å². The molecule has 0 aliphatic rings. The first-order valence-corrected chi connectivity index (χ1v) is 9.18. The lowest BCUT2D eigenvalue weighted by molar-refractivity contribution is -0.147. The van der Waals surface area contributed by atoms with Crippen molar-refractivity contribution in [2.75, 3.05) is 17.2 Å². The summed E-state index contributed by atoms with van der Waals surface area (Å²) >= 11 is 11.7. The molecule has 2 N–H and O–H groups in total. The number of anilines is 2. The number of ether oxygens (including phenoxy) is 1. The van der Waals surface area contributed by atoms with Crippen LogP contribution in [0.3, 0.4) is 0 Å². The average molecular weight is 463 g/mol. The van der Waals surface area contributed by atoms with Gasteiger partial charge < -0.3 is 15.4 Å². The zero-order chi connectivity index (χ0) is 22.3. The number of esters is 1. The minimum absolute atomic E-state index is 0.0938. The van der Waals surface area contributed by atoms with Gasteiger partial charge in [-0.2, -0.15) is 13.2 Å². The van der Waals surface area contributed by atoms with Crippen LogP contribution in [-0.4, -0.2) is 24.4 Å². The smallest absolute Gasteiger partial charge is 0.416 e. The molecule has 6 nitrogen and oxygen atoms in total. The van der Waals surface area contributed by atoms with Crippen molar-refractivity contribution in [1.29, 1.82) is 0 Å². The monoisotopic (exact) mass is 462 g/mol. The normalized spacial score (nSPS) is 11.0. The Labute approximate surface area is 179 Å². The molecule has 160 valence electrons. The van der Waals surface area contributed by atoms with E-state index in [0.29, 0.717) is 5.02 Å². The molecule has 0 aliphatic heterocycles. The number of alkyl halides is 3. The van der Waals surface area contributed by atoms with Crippen LogP contribution in [0.25, 0.3) is 0 Å². The van der Waals surface area contributed by atoms with Crippen LogP contribution >= 0.6 is 23.2 Å². The summed E-state index contributed by atoms with van der Waals surface area (Å²) in [6.07, 6.45) is -5.11. The molecule has 0 spiro atoms. The summed E-state index contributed by atoms with van der Waals surface area (Å²) in [6, 6.07) is 8.49. The number of benzene rings is 2. The van der Waals surface area contributed by atoms with Gasteiger partial charge in [-0.05, 0) is 36.4 Å². The number of carbonyl (C=O) groups is 3. The highest BCUT2D eigenvalue weighted by Gasteiger charge is 2.30. The van der Waals surface area contributed by atoms with E-state index in [2.05, 4.69) is 10.6 Å². The molecule has 2 aromatic carbocycles. The summed E-state index contributed by atoms with van der Waals surface area (Å²) in [5, 5.41) is 5.31. The second-order valence-electron chi connectivity index (χ2n) is 5.96. The highest BCUT2D eigenvalue weighted by Crippen LogP contribution is 2.30. The Balaban J connectivity index is 1.76. The zero-order valence-electron chi connectivity index (χ0n) is 15.2. The van der Waals surface area contributed by atoms with Crippen molar-refractivity contribution in [1.82, 2.24) is 0 Å². The van der Waals surface area contributed by atoms with Gasteiger partial charge >= 0.3 is 12.1 Å². The van der Waals surface area contributed by atoms with Gasteiger partial charge in [0.1, 0.15) is 0 Å². The highest BCUT2D eigenvalue weighted by molar-refractivity contribution is 6.35. The van der Waals surface area contributed by atoms with Gasteiger partial charge in [-0.15, -0.1) is 0 Å². The molecule has 0 saturated heterocycles. The first kappa shape index (κ1) is 23.5. The molecule has 2 amide bonds. The van der Waals surface area contributed by atoms with Crippen molar-refractivity contribution in [2.24, 2.45) is 0 Å². The van der Waals surface area contributed by atoms with Gasteiger partial charge in [-0.1, -0.05) is 29.3 Å². The maximum atomic E-state index is 12.7. The van der Waals surface area contributed by atoms with Crippen molar-refractivity contribution >= 4 is 52.4 Å². The molecule has 0 atom stereocenters. The lowest BCUT2D eigenvalue weighted by Gasteiger charge is -2.10. The minimum Gasteiger partial charge on any atom is -0.456 e. The van der Waals surface area contributed by atoms with Crippen molar-refractivity contribution in [3.05, 3.63) is 58.1 Å². The van der Waals surface area contributed by atoms with Gasteiger partial charge in [0, 0.05) is 17.1 Å². The third-order valence-electron chi connectivity index (χ3n) is 3.60. The number of halogens is 5. The maximum absolute atomic E-state index is 12.7. The fourth-order valence-electron chi connectivity index (χ4n) is 2.21. The SMILES string of the molecule is O=C(COC(=O)CCC(=O)Nc1cc(Cl)ccc1Cl)Nc1cccc(C(F)(F)F)c1. The Morgan fingerprint density at radius 1 is 0.933 bits per heavy atom. The molecule has 2 aromatic rings. The fraction of sp³-hybridized carbons (Fsp3) is 0.211. The third kappa shape index (κ3) is 7.57. The van der Waals surface area contributed by atoms with Crippen LogP contribution in [0.15, 0.2) is 42.5 Å². The fourth-order valence-corrected chi connectivity index (χ4v) is 2.55. The molecule has 0 unspecified atom stereocenters. The Kier molecular flexibility index (Phi) is 8.08. The van der Waals surface area contributed by atoms with E-state index in [0.717, 1.165) is 18.2 Å². The molecule has 0 radical (unpaired) electrons. The van der Waals surface area contributed by atoms with Crippen LogP contribution in [0.4, 0.5) is 24.5 Å². The van der Waals surface area contributed by atoms with Gasteiger partial charge in [0.25, 0.3) is 5.91 Å². The highest BCUT2D eigenvalue weighted by atomic mass is 35.5. The molecule has 0 fully saturated rings. The van der Waals surface area contributed by atoms with Crippen molar-refractivity contribution in [2.45, 2.75) is 19.0 Å². The Morgan fingerprint density at radius 3 is 2.37 bits per heavy atom. The molecule has 0 aliphatic carbocycles. The van der Waals surface area contributed by atoms with E-state index < -0.39 is 36.1 Å². The number of hydrogen-bond donors (Lipinski definition) is 2. The predicted octanol–water partition coefficient (Wildman–Crippen LogP) is 4.91. The molecule has 0 heterocycles. The Hall–Kier alpha value is -2.78. The van der Waals surface area contributed by atoms with Crippen LogP contribution in [-0.2, 0) is 25.3 Å². The molecule has 0 bridgehead atoms. The van der Waals surface area contributed by atoms with Gasteiger partial charge in [0.2, 0.25) is 5.91 Å². The summed E-state index contributed by atoms with van der Waals surface area (Å²) in [6.45, 7) is -0.711. The van der Waals surface area contributed by atoms with E-state index in [1.54, 1.807) is 6.07 Å². The lowest BCUT2D eigenvalue weighted by Crippen LogP contribution is -2.22. The van der Waals surface area contributed by atoms with E-state index in [1.165, 1.54) is 18.2 Å². The van der Waals surface area contributed by atoms with Crippen molar-refractivity contribution < 1.29 is 32.3 Å². The topological polar surface area (TPSA) is 84.5 Å². The second-order valence-corrected chi connectivity index (χ2v) is 6.80. The summed E-state index contributed by atoms with van der Waals surface area (Å²) < 4.78 is 42.7. The maximum Gasteiger partial charge on any atom is 0.416 e. The molecule has 30 heavy (non-hydrogen) atoms. The van der Waals surface area contributed by atoms with Crippen LogP contribution < -0.4 is 10.6 Å². The van der Waals surface area contributed by atoms with Gasteiger partial charge in [0.05, 0.1) is 22.7 Å². The van der Waals surface area contributed by atoms with E-state index >= 15 is 0 Å². The molecular weight excluding hydrogens is 448 g/mol. The first-order chi connectivity index (χ1) is 14.0. The van der Waals surface area contributed by atoms with Crippen molar-refractivity contribution in [3.63, 3.8) is 0 Å². The molecular formula is C19H15Cl2F3N2O4. The van der Waals surface area contributed by atoms with Crippen LogP contribution in [0.2, 0.25) is 10.0 Å². The summed E-state index contributed by atoms with van der Waals surface area (Å²) in [5.74, 6) is -2.18. The number of rotatable bonds is 7. The summed E-state index contributed by atoms with van der Waals surface area (Å²) in [5.41, 5.74) is -0.741. The number of amides is 2. The number of nitrogens with one attached hydrogen (secondary N) is 2. The summed E-state index contributed by atoms with van der Waals surface area (Å²) in [4.78, 5) is 35.3. The Bertz CT molecular complexity index is 952. The lowest BCUT2D eigenvalue weighted by atomic mass is 10.2. The van der Waals surface area contributed by atoms with E-state index in [1.807, 2.05) is 0 Å². The standard InChI is InChI=1S/C19H15Cl2F3N2O4/c20-12-4-5-14(21)15(9-12)26-16(27)6-7-18(29)30-10-17(28)25-13-3-1-2-11(8-13)19(22,23)24/h1-5,8-9H,6-7,10H2,(H,25,28)(H,26,27). The average Bonchev–Trinajstić information content (AvgIpc) is 2.67. The quantitative estimate of drug-likeness (QED) is 0.572. The van der Waals surface area contributed by atoms with Gasteiger partial charge in [-0.25, -0.2) is 0 Å². The first-order valence-electron chi connectivity index (χ1n) is 8.42. The van der Waals surface area contributed by atoms with Crippen LogP contribution in [0.1, 0.15) is 18.4 Å². The van der Waals surface area contributed by atoms with E-state index in [4.69, 9.17) is 27.9 Å². The second kappa shape index (κ2) is 10.3. The number of hydrogen-bond acceptors (Lipinski definition) is 4. The predicted molar refractivity (Wildman–Crippen MR) is 105 cm³/mol. The molecule has 0 aromatic heterocycles. The van der Waals surface area contributed by atoms with E-state index in [-0.39, 0.29) is 29.2 Å². The van der Waals surface area contributed by atoms with Crippen molar-refractivity contribution in [3.8, 4) is 0 Å². The molecule has 0 saturated carbocycles. The zero-order valence-corrected chi connectivity index (χ0v) is 16.7. The van der Waals surface area contributed by atoms with Gasteiger partial charge in [0.15, 0.2) is 6.61 Å². The van der Waals surface area contributed by atoms with Crippen LogP contribution in [0, 0.1) is 0 Å². The molecule has 11 heteroatoms.